The smallest absolute Gasteiger partial charge is 0.296 e. The molecule has 5 rings (SSSR count). The summed E-state index contributed by atoms with van der Waals surface area (Å²) in [5.41, 5.74) is 1.20. The number of aromatic nitrogens is 2. The Morgan fingerprint density at radius 2 is 2.04 bits per heavy atom. The highest BCUT2D eigenvalue weighted by molar-refractivity contribution is 7.15. The number of amides is 1. The molecule has 0 N–H and O–H groups in total. The van der Waals surface area contributed by atoms with Gasteiger partial charge >= 0.3 is 0 Å². The lowest BCUT2D eigenvalue weighted by atomic mass is 9.77. The number of carbonyl (C=O) groups excluding carboxylic acids is 2. The van der Waals surface area contributed by atoms with Crippen molar-refractivity contribution in [2.24, 2.45) is 5.92 Å². The van der Waals surface area contributed by atoms with Gasteiger partial charge in [0.1, 0.15) is 11.1 Å². The van der Waals surface area contributed by atoms with Crippen LogP contribution in [0.2, 0.25) is 5.02 Å². The first kappa shape index (κ1) is 17.8. The molecule has 0 bridgehead atoms. The Kier molecular flexibility index (Phi) is 4.25. The lowest BCUT2D eigenvalue weighted by Crippen LogP contribution is -2.39. The molecule has 1 aromatic carbocycles. The van der Waals surface area contributed by atoms with Gasteiger partial charge < -0.3 is 4.74 Å². The van der Waals surface area contributed by atoms with E-state index in [0.29, 0.717) is 15.7 Å². The highest BCUT2D eigenvalue weighted by atomic mass is 35.5. The number of hydrogen-bond donors (Lipinski definition) is 0. The van der Waals surface area contributed by atoms with Crippen molar-refractivity contribution in [1.82, 2.24) is 10.2 Å². The number of nitrogens with zero attached hydrogens (tertiary/aromatic N) is 3. The number of anilines is 1. The maximum absolute atomic E-state index is 13.5. The fourth-order valence-electron chi connectivity index (χ4n) is 4.42. The first-order valence-corrected chi connectivity index (χ1v) is 10.6. The standard InChI is InChI=1S/C20H18ClN3O3S/c1-10-22-23-20(28-10)24-16(11-5-4-6-12(21)9-11)15-17(25)13-7-2-3-8-14(13)27-18(15)19(24)26/h4-6,9,13-14,16H,2-3,7-8H2,1H3. The van der Waals surface area contributed by atoms with Gasteiger partial charge in [0.2, 0.25) is 5.13 Å². The zero-order valence-corrected chi connectivity index (χ0v) is 16.8. The van der Waals surface area contributed by atoms with Crippen LogP contribution in [0.5, 0.6) is 0 Å². The molecule has 1 saturated carbocycles. The molecule has 1 fully saturated rings. The summed E-state index contributed by atoms with van der Waals surface area (Å²) >= 11 is 7.54. The fourth-order valence-corrected chi connectivity index (χ4v) is 5.33. The minimum absolute atomic E-state index is 0.0213. The van der Waals surface area contributed by atoms with E-state index in [1.54, 1.807) is 12.1 Å². The van der Waals surface area contributed by atoms with Crippen molar-refractivity contribution in [1.29, 1.82) is 0 Å². The Morgan fingerprint density at radius 3 is 2.79 bits per heavy atom. The van der Waals surface area contributed by atoms with E-state index < -0.39 is 6.04 Å². The van der Waals surface area contributed by atoms with Crippen LogP contribution < -0.4 is 4.90 Å². The number of halogens is 1. The van der Waals surface area contributed by atoms with Gasteiger partial charge in [0, 0.05) is 5.02 Å². The molecule has 0 spiro atoms. The molecule has 1 amide bonds. The average molecular weight is 416 g/mol. The van der Waals surface area contributed by atoms with Crippen molar-refractivity contribution in [2.45, 2.75) is 44.8 Å². The number of ketones is 1. The second-order valence-electron chi connectivity index (χ2n) is 7.39. The molecule has 3 heterocycles. The van der Waals surface area contributed by atoms with E-state index in [1.165, 1.54) is 16.2 Å². The Balaban J connectivity index is 1.67. The molecule has 144 valence electrons. The van der Waals surface area contributed by atoms with E-state index in [-0.39, 0.29) is 29.5 Å². The summed E-state index contributed by atoms with van der Waals surface area (Å²) in [5.74, 6) is -0.314. The van der Waals surface area contributed by atoms with E-state index in [1.807, 2.05) is 19.1 Å². The minimum Gasteiger partial charge on any atom is -0.483 e. The third kappa shape index (κ3) is 2.68. The van der Waals surface area contributed by atoms with E-state index in [2.05, 4.69) is 10.2 Å². The summed E-state index contributed by atoms with van der Waals surface area (Å²) in [6.45, 7) is 1.83. The molecule has 1 aromatic heterocycles. The van der Waals surface area contributed by atoms with Gasteiger partial charge in [0.05, 0.1) is 17.5 Å². The Morgan fingerprint density at radius 1 is 1.21 bits per heavy atom. The summed E-state index contributed by atoms with van der Waals surface area (Å²) in [6.07, 6.45) is 3.42. The summed E-state index contributed by atoms with van der Waals surface area (Å²) in [5, 5.41) is 9.98. The topological polar surface area (TPSA) is 72.4 Å². The van der Waals surface area contributed by atoms with E-state index in [9.17, 15) is 9.59 Å². The molecule has 2 aliphatic heterocycles. The highest BCUT2D eigenvalue weighted by Gasteiger charge is 2.53. The molecule has 3 unspecified atom stereocenters. The molecule has 6 nitrogen and oxygen atoms in total. The third-order valence-corrected chi connectivity index (χ3v) is 6.72. The van der Waals surface area contributed by atoms with Gasteiger partial charge in [-0.25, -0.2) is 0 Å². The van der Waals surface area contributed by atoms with Crippen molar-refractivity contribution in [2.75, 3.05) is 4.90 Å². The van der Waals surface area contributed by atoms with Crippen molar-refractivity contribution in [3.63, 3.8) is 0 Å². The van der Waals surface area contributed by atoms with Gasteiger partial charge in [-0.1, -0.05) is 41.5 Å². The number of aryl methyl sites for hydroxylation is 1. The molecule has 28 heavy (non-hydrogen) atoms. The second-order valence-corrected chi connectivity index (χ2v) is 8.99. The van der Waals surface area contributed by atoms with Crippen molar-refractivity contribution < 1.29 is 14.3 Å². The van der Waals surface area contributed by atoms with Crippen LogP contribution in [0.1, 0.15) is 42.3 Å². The third-order valence-electron chi connectivity index (χ3n) is 5.65. The number of benzene rings is 1. The van der Waals surface area contributed by atoms with Crippen LogP contribution in [-0.2, 0) is 14.3 Å². The Labute approximate surface area is 171 Å². The first-order chi connectivity index (χ1) is 13.5. The maximum atomic E-state index is 13.5. The predicted octanol–water partition coefficient (Wildman–Crippen LogP) is 4.00. The van der Waals surface area contributed by atoms with Crippen LogP contribution in [0, 0.1) is 12.8 Å². The van der Waals surface area contributed by atoms with Crippen LogP contribution in [0.15, 0.2) is 35.6 Å². The van der Waals surface area contributed by atoms with Crippen LogP contribution in [0.25, 0.3) is 0 Å². The van der Waals surface area contributed by atoms with Crippen molar-refractivity contribution in [3.8, 4) is 0 Å². The number of Topliss-reactive ketones (excluding diaryl/α,β-unsaturated/α-hetero) is 1. The zero-order valence-electron chi connectivity index (χ0n) is 15.2. The van der Waals surface area contributed by atoms with Gasteiger partial charge in [0.15, 0.2) is 11.5 Å². The number of hydrogen-bond acceptors (Lipinski definition) is 6. The molecule has 0 saturated heterocycles. The number of fused-ring (bicyclic) bond motifs is 1. The van der Waals surface area contributed by atoms with E-state index >= 15 is 0 Å². The second kappa shape index (κ2) is 6.67. The monoisotopic (exact) mass is 415 g/mol. The first-order valence-electron chi connectivity index (χ1n) is 9.39. The number of ether oxygens (including phenoxy) is 1. The van der Waals surface area contributed by atoms with Crippen LogP contribution in [-0.4, -0.2) is 28.0 Å². The average Bonchev–Trinajstić information content (AvgIpc) is 3.23. The van der Waals surface area contributed by atoms with Gasteiger partial charge in [-0.2, -0.15) is 0 Å². The zero-order chi connectivity index (χ0) is 19.4. The summed E-state index contributed by atoms with van der Waals surface area (Å²) in [7, 11) is 0. The molecule has 1 aliphatic carbocycles. The number of carbonyl (C=O) groups is 2. The summed E-state index contributed by atoms with van der Waals surface area (Å²) in [4.78, 5) is 28.3. The van der Waals surface area contributed by atoms with Crippen molar-refractivity contribution >= 4 is 39.8 Å². The predicted molar refractivity (Wildman–Crippen MR) is 105 cm³/mol. The number of rotatable bonds is 2. The quantitative estimate of drug-likeness (QED) is 0.741. The van der Waals surface area contributed by atoms with Crippen LogP contribution in [0.3, 0.4) is 0 Å². The molecule has 3 aliphatic rings. The normalized spacial score (nSPS) is 26.9. The Hall–Kier alpha value is -2.25. The molecule has 0 radical (unpaired) electrons. The van der Waals surface area contributed by atoms with Gasteiger partial charge in [0.25, 0.3) is 5.91 Å². The highest BCUT2D eigenvalue weighted by Crippen LogP contribution is 2.48. The minimum atomic E-state index is -0.594. The molecular weight excluding hydrogens is 398 g/mol. The Bertz CT molecular complexity index is 1020. The molecule has 3 atom stereocenters. The van der Waals surface area contributed by atoms with Crippen LogP contribution >= 0.6 is 22.9 Å². The summed E-state index contributed by atoms with van der Waals surface area (Å²) < 4.78 is 6.13. The molecule has 2 aromatic rings. The summed E-state index contributed by atoms with van der Waals surface area (Å²) in [6, 6.07) is 6.66. The lowest BCUT2D eigenvalue weighted by Gasteiger charge is -2.35. The molecule has 8 heteroatoms. The largest absolute Gasteiger partial charge is 0.483 e. The fraction of sp³-hybridized carbons (Fsp3) is 0.400. The van der Waals surface area contributed by atoms with E-state index in [0.717, 1.165) is 36.3 Å². The van der Waals surface area contributed by atoms with E-state index in [4.69, 9.17) is 16.3 Å². The van der Waals surface area contributed by atoms with Crippen molar-refractivity contribution in [3.05, 3.63) is 51.2 Å². The molecular formula is C20H18ClN3O3S. The lowest BCUT2D eigenvalue weighted by molar-refractivity contribution is -0.131. The maximum Gasteiger partial charge on any atom is 0.296 e. The van der Waals surface area contributed by atoms with Gasteiger partial charge in [-0.05, 0) is 43.9 Å². The van der Waals surface area contributed by atoms with Gasteiger partial charge in [-0.3, -0.25) is 14.5 Å². The SMILES string of the molecule is Cc1nnc(N2C(=O)C3=C(C(=O)C4CCCCC4O3)C2c2cccc(Cl)c2)s1. The van der Waals surface area contributed by atoms with Gasteiger partial charge in [-0.15, -0.1) is 10.2 Å². The van der Waals surface area contributed by atoms with Crippen LogP contribution in [0.4, 0.5) is 5.13 Å².